The van der Waals surface area contributed by atoms with Crippen molar-refractivity contribution in [3.05, 3.63) is 35.5 Å². The Morgan fingerprint density at radius 2 is 2.08 bits per heavy atom. The average molecular weight is 176 g/mol. The lowest BCUT2D eigenvalue weighted by Gasteiger charge is -2.15. The lowest BCUT2D eigenvalue weighted by molar-refractivity contribution is 0.791. The van der Waals surface area contributed by atoms with Crippen molar-refractivity contribution in [2.24, 2.45) is 0 Å². The van der Waals surface area contributed by atoms with E-state index in [1.807, 2.05) is 0 Å². The number of hydrogen-bond acceptors (Lipinski definition) is 0. The summed E-state index contributed by atoms with van der Waals surface area (Å²) in [4.78, 5) is 0. The van der Waals surface area contributed by atoms with E-state index in [0.717, 1.165) is 6.42 Å². The third-order valence-corrected chi connectivity index (χ3v) is 2.60. The van der Waals surface area contributed by atoms with Gasteiger partial charge in [-0.1, -0.05) is 32.1 Å². The van der Waals surface area contributed by atoms with Crippen molar-refractivity contribution in [1.29, 1.82) is 0 Å². The zero-order chi connectivity index (χ0) is 9.68. The molecule has 0 heterocycles. The van der Waals surface area contributed by atoms with Crippen LogP contribution in [0.1, 0.15) is 46.0 Å². The summed E-state index contributed by atoms with van der Waals surface area (Å²) in [5, 5.41) is 0. The molecule has 72 valence electrons. The SMILES string of the molecule is C=C(CCCC)C1=CCCC=C1C. The van der Waals surface area contributed by atoms with Gasteiger partial charge in [-0.2, -0.15) is 0 Å². The quantitative estimate of drug-likeness (QED) is 0.595. The Kier molecular flexibility index (Phi) is 4.01. The maximum absolute atomic E-state index is 4.16. The third kappa shape index (κ3) is 2.87. The Morgan fingerprint density at radius 3 is 2.69 bits per heavy atom. The van der Waals surface area contributed by atoms with E-state index in [1.165, 1.54) is 42.4 Å². The van der Waals surface area contributed by atoms with Crippen LogP contribution < -0.4 is 0 Å². The minimum Gasteiger partial charge on any atom is -0.0952 e. The van der Waals surface area contributed by atoms with Crippen molar-refractivity contribution in [3.8, 4) is 0 Å². The molecule has 0 fully saturated rings. The van der Waals surface area contributed by atoms with Gasteiger partial charge in [0, 0.05) is 0 Å². The first-order valence-electron chi connectivity index (χ1n) is 5.31. The molecular weight excluding hydrogens is 156 g/mol. The summed E-state index contributed by atoms with van der Waals surface area (Å²) in [6, 6.07) is 0. The molecule has 0 N–H and O–H groups in total. The Balaban J connectivity index is 2.55. The minimum absolute atomic E-state index is 1.16. The molecule has 0 aliphatic heterocycles. The van der Waals surface area contributed by atoms with Crippen LogP contribution in [0.5, 0.6) is 0 Å². The van der Waals surface area contributed by atoms with Crippen LogP contribution in [0.3, 0.4) is 0 Å². The van der Waals surface area contributed by atoms with E-state index < -0.39 is 0 Å². The first-order chi connectivity index (χ1) is 6.25. The molecule has 0 aromatic carbocycles. The van der Waals surface area contributed by atoms with Gasteiger partial charge < -0.3 is 0 Å². The van der Waals surface area contributed by atoms with Crippen LogP contribution in [0.2, 0.25) is 0 Å². The van der Waals surface area contributed by atoms with E-state index in [2.05, 4.69) is 32.6 Å². The number of allylic oxidation sites excluding steroid dienone is 5. The number of rotatable bonds is 4. The molecule has 1 rings (SSSR count). The molecular formula is C13H20. The second kappa shape index (κ2) is 5.06. The summed E-state index contributed by atoms with van der Waals surface area (Å²) < 4.78 is 0. The molecule has 0 atom stereocenters. The summed E-state index contributed by atoms with van der Waals surface area (Å²) in [5.41, 5.74) is 4.17. The summed E-state index contributed by atoms with van der Waals surface area (Å²) in [6.07, 6.45) is 10.8. The minimum atomic E-state index is 1.16. The molecule has 0 nitrogen and oxygen atoms in total. The van der Waals surface area contributed by atoms with Gasteiger partial charge in [0.1, 0.15) is 0 Å². The fourth-order valence-corrected chi connectivity index (χ4v) is 1.75. The van der Waals surface area contributed by atoms with Crippen LogP contribution in [-0.4, -0.2) is 0 Å². The Bertz CT molecular complexity index is 241. The third-order valence-electron chi connectivity index (χ3n) is 2.60. The second-order valence-electron chi connectivity index (χ2n) is 3.79. The Morgan fingerprint density at radius 1 is 1.38 bits per heavy atom. The lowest BCUT2D eigenvalue weighted by Crippen LogP contribution is -1.95. The van der Waals surface area contributed by atoms with Crippen molar-refractivity contribution < 1.29 is 0 Å². The number of unbranched alkanes of at least 4 members (excludes halogenated alkanes) is 1. The van der Waals surface area contributed by atoms with Crippen LogP contribution >= 0.6 is 0 Å². The van der Waals surface area contributed by atoms with Crippen molar-refractivity contribution in [2.45, 2.75) is 46.0 Å². The Hall–Kier alpha value is -0.780. The van der Waals surface area contributed by atoms with E-state index >= 15 is 0 Å². The van der Waals surface area contributed by atoms with E-state index in [0.29, 0.717) is 0 Å². The molecule has 0 saturated heterocycles. The van der Waals surface area contributed by atoms with Crippen molar-refractivity contribution in [3.63, 3.8) is 0 Å². The smallest absolute Gasteiger partial charge is 0.0244 e. The molecule has 0 aromatic heterocycles. The molecule has 13 heavy (non-hydrogen) atoms. The van der Waals surface area contributed by atoms with Crippen LogP contribution in [0.15, 0.2) is 35.5 Å². The zero-order valence-corrected chi connectivity index (χ0v) is 8.90. The highest BCUT2D eigenvalue weighted by atomic mass is 14.1. The standard InChI is InChI=1S/C13H20/c1-4-5-8-11(2)13-10-7-6-9-12(13)3/h9-10H,2,4-8H2,1,3H3. The zero-order valence-electron chi connectivity index (χ0n) is 8.90. The summed E-state index contributed by atoms with van der Waals surface area (Å²) >= 11 is 0. The van der Waals surface area contributed by atoms with Gasteiger partial charge in [0.05, 0.1) is 0 Å². The molecule has 0 radical (unpaired) electrons. The fraction of sp³-hybridized carbons (Fsp3) is 0.538. The predicted octanol–water partition coefficient (Wildman–Crippen LogP) is 4.40. The fourth-order valence-electron chi connectivity index (χ4n) is 1.75. The molecule has 0 saturated carbocycles. The van der Waals surface area contributed by atoms with Crippen LogP contribution in [-0.2, 0) is 0 Å². The predicted molar refractivity (Wildman–Crippen MR) is 59.7 cm³/mol. The highest BCUT2D eigenvalue weighted by Crippen LogP contribution is 2.26. The van der Waals surface area contributed by atoms with Gasteiger partial charge in [0.15, 0.2) is 0 Å². The molecule has 1 aliphatic carbocycles. The molecule has 0 heteroatoms. The van der Waals surface area contributed by atoms with Crippen LogP contribution in [0.25, 0.3) is 0 Å². The lowest BCUT2D eigenvalue weighted by atomic mass is 9.91. The summed E-state index contributed by atoms with van der Waals surface area (Å²) in [7, 11) is 0. The topological polar surface area (TPSA) is 0 Å². The summed E-state index contributed by atoms with van der Waals surface area (Å²) in [5.74, 6) is 0. The van der Waals surface area contributed by atoms with E-state index in [4.69, 9.17) is 0 Å². The van der Waals surface area contributed by atoms with Gasteiger partial charge in [0.2, 0.25) is 0 Å². The first-order valence-corrected chi connectivity index (χ1v) is 5.31. The average Bonchev–Trinajstić information content (AvgIpc) is 2.15. The largest absolute Gasteiger partial charge is 0.0952 e. The van der Waals surface area contributed by atoms with Crippen molar-refractivity contribution in [1.82, 2.24) is 0 Å². The monoisotopic (exact) mass is 176 g/mol. The van der Waals surface area contributed by atoms with E-state index in [1.54, 1.807) is 0 Å². The van der Waals surface area contributed by atoms with E-state index in [9.17, 15) is 0 Å². The maximum atomic E-state index is 4.16. The van der Waals surface area contributed by atoms with Gasteiger partial charge >= 0.3 is 0 Å². The van der Waals surface area contributed by atoms with Gasteiger partial charge in [-0.15, -0.1) is 0 Å². The van der Waals surface area contributed by atoms with Crippen LogP contribution in [0.4, 0.5) is 0 Å². The molecule has 0 bridgehead atoms. The summed E-state index contributed by atoms with van der Waals surface area (Å²) in [6.45, 7) is 8.58. The van der Waals surface area contributed by atoms with Gasteiger partial charge in [-0.3, -0.25) is 0 Å². The maximum Gasteiger partial charge on any atom is -0.0244 e. The second-order valence-corrected chi connectivity index (χ2v) is 3.79. The number of hydrogen-bond donors (Lipinski definition) is 0. The van der Waals surface area contributed by atoms with E-state index in [-0.39, 0.29) is 0 Å². The van der Waals surface area contributed by atoms with Gasteiger partial charge in [0.25, 0.3) is 0 Å². The molecule has 0 spiro atoms. The highest BCUT2D eigenvalue weighted by molar-refractivity contribution is 5.45. The van der Waals surface area contributed by atoms with Crippen LogP contribution in [0, 0.1) is 0 Å². The molecule has 0 unspecified atom stereocenters. The highest BCUT2D eigenvalue weighted by Gasteiger charge is 2.07. The molecule has 0 aromatic rings. The van der Waals surface area contributed by atoms with Gasteiger partial charge in [-0.25, -0.2) is 0 Å². The first kappa shape index (κ1) is 10.3. The van der Waals surface area contributed by atoms with Crippen molar-refractivity contribution in [2.75, 3.05) is 0 Å². The molecule has 1 aliphatic rings. The van der Waals surface area contributed by atoms with Crippen molar-refractivity contribution >= 4 is 0 Å². The van der Waals surface area contributed by atoms with Gasteiger partial charge in [-0.05, 0) is 49.3 Å². The normalized spacial score (nSPS) is 16.5. The Labute approximate surface area is 82.0 Å². The molecule has 0 amide bonds.